The quantitative estimate of drug-likeness (QED) is 0.677. The molecule has 0 aromatic heterocycles. The number of benzene rings is 2. The zero-order valence-electron chi connectivity index (χ0n) is 12.9. The lowest BCUT2D eigenvalue weighted by Crippen LogP contribution is -2.26. The first-order chi connectivity index (χ1) is 11.1. The molecule has 1 N–H and O–H groups in total. The molecule has 5 heteroatoms. The zero-order chi connectivity index (χ0) is 16.3. The molecule has 122 valence electrons. The second kappa shape index (κ2) is 7.12. The van der Waals surface area contributed by atoms with E-state index in [1.54, 1.807) is 6.07 Å². The van der Waals surface area contributed by atoms with Crippen LogP contribution in [0.3, 0.4) is 0 Å². The molecule has 0 radical (unpaired) electrons. The van der Waals surface area contributed by atoms with Crippen molar-refractivity contribution in [1.29, 1.82) is 0 Å². The third kappa shape index (κ3) is 3.82. The largest absolute Gasteiger partial charge is 0.295 e. The Morgan fingerprint density at radius 1 is 0.870 bits per heavy atom. The fraction of sp³-hybridized carbons (Fsp3) is 0.333. The SMILES string of the molecule is O=S(=O)(O)c1ccccc1P(c1ccccc1)C1CCCCC1. The molecular weight excluding hydrogens is 327 g/mol. The molecule has 2 aromatic rings. The topological polar surface area (TPSA) is 54.4 Å². The maximum atomic E-state index is 11.8. The Labute approximate surface area is 139 Å². The maximum absolute atomic E-state index is 11.8. The Kier molecular flexibility index (Phi) is 5.15. The maximum Gasteiger partial charge on any atom is 0.295 e. The van der Waals surface area contributed by atoms with Gasteiger partial charge in [-0.1, -0.05) is 67.8 Å². The highest BCUT2D eigenvalue weighted by Crippen LogP contribution is 2.47. The van der Waals surface area contributed by atoms with Crippen molar-refractivity contribution in [3.8, 4) is 0 Å². The van der Waals surface area contributed by atoms with E-state index in [1.165, 1.54) is 30.6 Å². The second-order valence-corrected chi connectivity index (χ2v) is 9.80. The molecule has 1 saturated carbocycles. The molecule has 0 spiro atoms. The second-order valence-electron chi connectivity index (χ2n) is 5.94. The van der Waals surface area contributed by atoms with Gasteiger partial charge in [0.1, 0.15) is 4.90 Å². The smallest absolute Gasteiger partial charge is 0.282 e. The summed E-state index contributed by atoms with van der Waals surface area (Å²) in [5, 5.41) is 1.97. The van der Waals surface area contributed by atoms with Crippen molar-refractivity contribution in [2.45, 2.75) is 42.7 Å². The fourth-order valence-electron chi connectivity index (χ4n) is 3.35. The third-order valence-corrected chi connectivity index (χ3v) is 8.45. The molecule has 3 nitrogen and oxygen atoms in total. The van der Waals surface area contributed by atoms with Crippen molar-refractivity contribution < 1.29 is 13.0 Å². The van der Waals surface area contributed by atoms with Crippen LogP contribution >= 0.6 is 7.92 Å². The standard InChI is InChI=1S/C18H21O3PS/c19-23(20,21)18-14-8-7-13-17(18)22(15-9-3-1-4-10-15)16-11-5-2-6-12-16/h1,3-4,7-10,13-14,16H,2,5-6,11-12H2,(H,19,20,21). The van der Waals surface area contributed by atoms with Gasteiger partial charge < -0.3 is 0 Å². The minimum atomic E-state index is -4.21. The highest BCUT2D eigenvalue weighted by atomic mass is 32.2. The molecule has 3 rings (SSSR count). The number of rotatable bonds is 4. The zero-order valence-corrected chi connectivity index (χ0v) is 14.6. The first-order valence-corrected chi connectivity index (χ1v) is 10.8. The van der Waals surface area contributed by atoms with Gasteiger partial charge in [-0.15, -0.1) is 0 Å². The van der Waals surface area contributed by atoms with Gasteiger partial charge in [-0.05, 0) is 37.8 Å². The Morgan fingerprint density at radius 3 is 2.13 bits per heavy atom. The van der Waals surface area contributed by atoms with Crippen molar-refractivity contribution in [3.63, 3.8) is 0 Å². The van der Waals surface area contributed by atoms with Crippen LogP contribution in [0.2, 0.25) is 0 Å². The highest BCUT2D eigenvalue weighted by molar-refractivity contribution is 7.87. The van der Waals surface area contributed by atoms with Gasteiger partial charge in [-0.25, -0.2) is 0 Å². The summed E-state index contributed by atoms with van der Waals surface area (Å²) in [4.78, 5) is 0.0699. The molecule has 0 saturated heterocycles. The molecule has 0 amide bonds. The van der Waals surface area contributed by atoms with Gasteiger partial charge in [0.25, 0.3) is 10.1 Å². The molecular formula is C18H21O3PS. The first kappa shape index (κ1) is 16.6. The lowest BCUT2D eigenvalue weighted by molar-refractivity contribution is 0.484. The van der Waals surface area contributed by atoms with Crippen LogP contribution < -0.4 is 10.6 Å². The molecule has 1 unspecified atom stereocenters. The third-order valence-electron chi connectivity index (χ3n) is 4.38. The first-order valence-electron chi connectivity index (χ1n) is 7.98. The van der Waals surface area contributed by atoms with Crippen molar-refractivity contribution in [3.05, 3.63) is 54.6 Å². The van der Waals surface area contributed by atoms with Crippen LogP contribution in [0.25, 0.3) is 0 Å². The summed E-state index contributed by atoms with van der Waals surface area (Å²) in [5.41, 5.74) is 0.476. The fourth-order valence-corrected chi connectivity index (χ4v) is 7.60. The molecule has 0 bridgehead atoms. The molecule has 1 atom stereocenters. The molecule has 0 heterocycles. The van der Waals surface area contributed by atoms with E-state index in [1.807, 2.05) is 30.3 Å². The minimum absolute atomic E-state index is 0.0699. The highest BCUT2D eigenvalue weighted by Gasteiger charge is 2.30. The van der Waals surface area contributed by atoms with E-state index in [-0.39, 0.29) is 4.90 Å². The van der Waals surface area contributed by atoms with Crippen molar-refractivity contribution in [2.75, 3.05) is 0 Å². The lowest BCUT2D eigenvalue weighted by atomic mass is 10.0. The summed E-state index contributed by atoms with van der Waals surface area (Å²) in [7, 11) is -5.00. The van der Waals surface area contributed by atoms with Crippen molar-refractivity contribution in [1.82, 2.24) is 0 Å². The summed E-state index contributed by atoms with van der Waals surface area (Å²) in [6, 6.07) is 17.1. The van der Waals surface area contributed by atoms with Gasteiger partial charge in [0.2, 0.25) is 0 Å². The van der Waals surface area contributed by atoms with Gasteiger partial charge in [0, 0.05) is 5.30 Å². The van der Waals surface area contributed by atoms with Crippen molar-refractivity contribution >= 4 is 28.6 Å². The Morgan fingerprint density at radius 2 is 1.48 bits per heavy atom. The molecule has 23 heavy (non-hydrogen) atoms. The van der Waals surface area contributed by atoms with E-state index < -0.39 is 18.0 Å². The molecule has 1 fully saturated rings. The summed E-state index contributed by atoms with van der Waals surface area (Å²) < 4.78 is 33.3. The molecule has 1 aliphatic carbocycles. The minimum Gasteiger partial charge on any atom is -0.282 e. The van der Waals surface area contributed by atoms with Crippen LogP contribution in [-0.2, 0) is 10.1 Å². The van der Waals surface area contributed by atoms with E-state index in [4.69, 9.17) is 0 Å². The van der Waals surface area contributed by atoms with Gasteiger partial charge >= 0.3 is 0 Å². The van der Waals surface area contributed by atoms with E-state index in [9.17, 15) is 13.0 Å². The van der Waals surface area contributed by atoms with Gasteiger partial charge in [-0.2, -0.15) is 8.42 Å². The summed E-state index contributed by atoms with van der Waals surface area (Å²) in [5.74, 6) is 0. The van der Waals surface area contributed by atoms with Crippen LogP contribution in [0.1, 0.15) is 32.1 Å². The van der Waals surface area contributed by atoms with Crippen LogP contribution in [0.4, 0.5) is 0 Å². The van der Waals surface area contributed by atoms with E-state index in [0.29, 0.717) is 5.66 Å². The van der Waals surface area contributed by atoms with Gasteiger partial charge in [0.05, 0.1) is 0 Å². The average molecular weight is 348 g/mol. The van der Waals surface area contributed by atoms with Crippen molar-refractivity contribution in [2.24, 2.45) is 0 Å². The van der Waals surface area contributed by atoms with Gasteiger partial charge in [-0.3, -0.25) is 4.55 Å². The molecule has 1 aliphatic rings. The summed E-state index contributed by atoms with van der Waals surface area (Å²) >= 11 is 0. The molecule has 2 aromatic carbocycles. The summed E-state index contributed by atoms with van der Waals surface area (Å²) in [6.07, 6.45) is 5.91. The van der Waals surface area contributed by atoms with E-state index in [0.717, 1.165) is 18.1 Å². The summed E-state index contributed by atoms with van der Waals surface area (Å²) in [6.45, 7) is 0. The number of hydrogen-bond acceptors (Lipinski definition) is 2. The van der Waals surface area contributed by atoms with Gasteiger partial charge in [0.15, 0.2) is 0 Å². The lowest BCUT2D eigenvalue weighted by Gasteiger charge is -2.32. The number of hydrogen-bond donors (Lipinski definition) is 1. The predicted octanol–water partition coefficient (Wildman–Crippen LogP) is 3.70. The van der Waals surface area contributed by atoms with E-state index in [2.05, 4.69) is 12.1 Å². The van der Waals surface area contributed by atoms with Crippen LogP contribution in [0.15, 0.2) is 59.5 Å². The predicted molar refractivity (Wildman–Crippen MR) is 95.8 cm³/mol. The van der Waals surface area contributed by atoms with Crippen LogP contribution in [0.5, 0.6) is 0 Å². The van der Waals surface area contributed by atoms with E-state index >= 15 is 0 Å². The monoisotopic (exact) mass is 348 g/mol. The average Bonchev–Trinajstić information content (AvgIpc) is 2.57. The normalized spacial score (nSPS) is 17.8. The van der Waals surface area contributed by atoms with Crippen LogP contribution in [-0.4, -0.2) is 18.6 Å². The Balaban J connectivity index is 2.13. The molecule has 0 aliphatic heterocycles. The Bertz CT molecular complexity index is 753. The van der Waals surface area contributed by atoms with Crippen LogP contribution in [0, 0.1) is 0 Å². The Hall–Kier alpha value is -1.22.